The van der Waals surface area contributed by atoms with E-state index in [4.69, 9.17) is 0 Å². The van der Waals surface area contributed by atoms with Gasteiger partial charge in [-0.3, -0.25) is 4.79 Å². The zero-order chi connectivity index (χ0) is 16.4. The number of hydrogen-bond donors (Lipinski definition) is 1. The van der Waals surface area contributed by atoms with Gasteiger partial charge in [0.1, 0.15) is 0 Å². The molecule has 0 saturated heterocycles. The minimum Gasteiger partial charge on any atom is -0.389 e. The number of aliphatic hydroxyl groups excluding tert-OH is 1. The van der Waals surface area contributed by atoms with Crippen LogP contribution in [0.3, 0.4) is 0 Å². The molecule has 0 aliphatic heterocycles. The normalized spacial score (nSPS) is 47.1. The lowest BCUT2D eigenvalue weighted by Crippen LogP contribution is -2.50. The van der Waals surface area contributed by atoms with Gasteiger partial charge in [0.25, 0.3) is 0 Å². The summed E-state index contributed by atoms with van der Waals surface area (Å²) in [5, 5.41) is 10.2. The third-order valence-corrected chi connectivity index (χ3v) is 8.05. The molecule has 4 rings (SSSR count). The van der Waals surface area contributed by atoms with Crippen molar-refractivity contribution in [3.63, 3.8) is 0 Å². The maximum Gasteiger partial charge on any atom is 0.155 e. The number of allylic oxidation sites excluding steroid dienone is 3. The molecule has 0 bridgehead atoms. The maximum atomic E-state index is 11.9. The first-order valence-corrected chi connectivity index (χ1v) is 9.49. The number of carbonyl (C=O) groups excluding carboxylic acids is 1. The molecule has 1 unspecified atom stereocenters. The summed E-state index contributed by atoms with van der Waals surface area (Å²) in [4.78, 5) is 11.9. The molecule has 4 aliphatic rings. The number of rotatable bonds is 1. The number of carbonyl (C=O) groups is 1. The molecular formula is C21H30O2. The van der Waals surface area contributed by atoms with Crippen molar-refractivity contribution in [2.45, 2.75) is 71.8 Å². The van der Waals surface area contributed by atoms with Crippen LogP contribution < -0.4 is 0 Å². The molecular weight excluding hydrogens is 284 g/mol. The smallest absolute Gasteiger partial charge is 0.155 e. The van der Waals surface area contributed by atoms with Gasteiger partial charge in [-0.1, -0.05) is 25.5 Å². The molecule has 2 fully saturated rings. The second-order valence-corrected chi connectivity index (χ2v) is 9.00. The van der Waals surface area contributed by atoms with Crippen LogP contribution in [0, 0.1) is 28.6 Å². The van der Waals surface area contributed by atoms with Crippen LogP contribution in [0.2, 0.25) is 0 Å². The largest absolute Gasteiger partial charge is 0.389 e. The Balaban J connectivity index is 1.67. The van der Waals surface area contributed by atoms with E-state index in [1.807, 2.05) is 13.0 Å². The molecule has 0 aromatic rings. The second-order valence-electron chi connectivity index (χ2n) is 9.00. The highest BCUT2D eigenvalue weighted by Gasteiger charge is 2.57. The van der Waals surface area contributed by atoms with E-state index in [2.05, 4.69) is 19.9 Å². The molecule has 23 heavy (non-hydrogen) atoms. The molecule has 126 valence electrons. The van der Waals surface area contributed by atoms with Crippen LogP contribution in [0.25, 0.3) is 0 Å². The first-order valence-electron chi connectivity index (χ1n) is 9.49. The van der Waals surface area contributed by atoms with Crippen LogP contribution >= 0.6 is 0 Å². The van der Waals surface area contributed by atoms with Crippen LogP contribution in [0.5, 0.6) is 0 Å². The van der Waals surface area contributed by atoms with Crippen LogP contribution in [-0.2, 0) is 4.79 Å². The Hall–Kier alpha value is -0.890. The van der Waals surface area contributed by atoms with Crippen molar-refractivity contribution in [1.29, 1.82) is 0 Å². The Morgan fingerprint density at radius 1 is 1.13 bits per heavy atom. The highest BCUT2D eigenvalue weighted by atomic mass is 16.3. The monoisotopic (exact) mass is 314 g/mol. The first-order chi connectivity index (χ1) is 10.9. The van der Waals surface area contributed by atoms with Crippen LogP contribution in [0.15, 0.2) is 23.3 Å². The Morgan fingerprint density at radius 3 is 2.65 bits per heavy atom. The lowest BCUT2D eigenvalue weighted by molar-refractivity contribution is -0.117. The van der Waals surface area contributed by atoms with Crippen molar-refractivity contribution in [1.82, 2.24) is 0 Å². The molecule has 0 amide bonds. The molecule has 0 radical (unpaired) electrons. The summed E-state index contributed by atoms with van der Waals surface area (Å²) >= 11 is 0. The average Bonchev–Trinajstić information content (AvgIpc) is 2.85. The van der Waals surface area contributed by atoms with Crippen LogP contribution in [0.4, 0.5) is 0 Å². The molecule has 2 heteroatoms. The molecule has 0 heterocycles. The van der Waals surface area contributed by atoms with Crippen molar-refractivity contribution in [3.05, 3.63) is 23.3 Å². The Labute approximate surface area is 140 Å². The van der Waals surface area contributed by atoms with Gasteiger partial charge in [0.2, 0.25) is 0 Å². The van der Waals surface area contributed by atoms with Crippen LogP contribution in [0.1, 0.15) is 65.7 Å². The number of fused-ring (bicyclic) bond motifs is 5. The van der Waals surface area contributed by atoms with Gasteiger partial charge in [0.15, 0.2) is 5.78 Å². The molecule has 2 nitrogen and oxygen atoms in total. The van der Waals surface area contributed by atoms with Crippen molar-refractivity contribution >= 4 is 5.78 Å². The maximum absolute atomic E-state index is 11.9. The van der Waals surface area contributed by atoms with Gasteiger partial charge < -0.3 is 5.11 Å². The lowest BCUT2D eigenvalue weighted by Gasteiger charge is -2.58. The molecule has 4 aliphatic carbocycles. The molecule has 0 spiro atoms. The van der Waals surface area contributed by atoms with E-state index in [0.717, 1.165) is 37.5 Å². The van der Waals surface area contributed by atoms with Gasteiger partial charge in [-0.05, 0) is 85.7 Å². The zero-order valence-corrected chi connectivity index (χ0v) is 14.8. The van der Waals surface area contributed by atoms with E-state index in [0.29, 0.717) is 11.7 Å². The fourth-order valence-electron chi connectivity index (χ4n) is 6.81. The van der Waals surface area contributed by atoms with Crippen molar-refractivity contribution in [2.24, 2.45) is 28.6 Å². The third-order valence-electron chi connectivity index (χ3n) is 8.05. The van der Waals surface area contributed by atoms with Gasteiger partial charge in [0.05, 0.1) is 6.10 Å². The van der Waals surface area contributed by atoms with E-state index in [1.165, 1.54) is 30.4 Å². The number of aliphatic hydroxyl groups is 1. The minimum atomic E-state index is -0.302. The summed E-state index contributed by atoms with van der Waals surface area (Å²) in [7, 11) is 0. The van der Waals surface area contributed by atoms with Crippen molar-refractivity contribution in [3.8, 4) is 0 Å². The molecule has 6 atom stereocenters. The van der Waals surface area contributed by atoms with E-state index in [-0.39, 0.29) is 16.9 Å². The van der Waals surface area contributed by atoms with E-state index in [9.17, 15) is 9.90 Å². The van der Waals surface area contributed by atoms with E-state index < -0.39 is 0 Å². The SMILES string of the molecule is CC(O)C1=CC[C@H]2[C@@H]3CCC4=CC(=O)CC[C@]4(C)[C@H]3CC[C@]12C. The fraction of sp³-hybridized carbons (Fsp3) is 0.762. The standard InChI is InChI=1S/C21H30O2/c1-13(22)17-6-7-18-16-5-4-14-12-15(23)8-10-20(14,2)19(16)9-11-21(17,18)3/h6,12-13,16,18-19,22H,4-5,7-11H2,1-3H3/t13?,16-,18-,19-,20-,21+/m0/s1. The number of hydrogen-bond acceptors (Lipinski definition) is 2. The quantitative estimate of drug-likeness (QED) is 0.727. The Morgan fingerprint density at radius 2 is 1.91 bits per heavy atom. The fourth-order valence-corrected chi connectivity index (χ4v) is 6.81. The van der Waals surface area contributed by atoms with Gasteiger partial charge in [-0.15, -0.1) is 0 Å². The van der Waals surface area contributed by atoms with Crippen molar-refractivity contribution in [2.75, 3.05) is 0 Å². The van der Waals surface area contributed by atoms with Gasteiger partial charge in [0, 0.05) is 6.42 Å². The number of ketones is 1. The van der Waals surface area contributed by atoms with Gasteiger partial charge in [-0.2, -0.15) is 0 Å². The first kappa shape index (κ1) is 15.6. The summed E-state index contributed by atoms with van der Waals surface area (Å²) in [6, 6.07) is 0. The Bertz CT molecular complexity index is 599. The summed E-state index contributed by atoms with van der Waals surface area (Å²) in [6.45, 7) is 6.77. The molecule has 0 aromatic carbocycles. The second kappa shape index (κ2) is 5.05. The summed E-state index contributed by atoms with van der Waals surface area (Å²) in [5.74, 6) is 2.53. The van der Waals surface area contributed by atoms with Gasteiger partial charge in [-0.25, -0.2) is 0 Å². The lowest BCUT2D eigenvalue weighted by atomic mass is 9.47. The third kappa shape index (κ3) is 2.06. The molecule has 1 N–H and O–H groups in total. The van der Waals surface area contributed by atoms with E-state index in [1.54, 1.807) is 0 Å². The molecule has 0 aromatic heterocycles. The summed E-state index contributed by atoms with van der Waals surface area (Å²) < 4.78 is 0. The summed E-state index contributed by atoms with van der Waals surface area (Å²) in [5.41, 5.74) is 3.20. The molecule has 2 saturated carbocycles. The topological polar surface area (TPSA) is 37.3 Å². The summed E-state index contributed by atoms with van der Waals surface area (Å²) in [6.07, 6.45) is 11.8. The minimum absolute atomic E-state index is 0.206. The average molecular weight is 314 g/mol. The predicted molar refractivity (Wildman–Crippen MR) is 91.9 cm³/mol. The zero-order valence-electron chi connectivity index (χ0n) is 14.8. The van der Waals surface area contributed by atoms with Gasteiger partial charge >= 0.3 is 0 Å². The van der Waals surface area contributed by atoms with Crippen molar-refractivity contribution < 1.29 is 9.90 Å². The van der Waals surface area contributed by atoms with E-state index >= 15 is 0 Å². The highest BCUT2D eigenvalue weighted by molar-refractivity contribution is 5.91. The van der Waals surface area contributed by atoms with Crippen LogP contribution in [-0.4, -0.2) is 17.0 Å². The predicted octanol–water partition coefficient (Wildman–Crippen LogP) is 4.44. The highest BCUT2D eigenvalue weighted by Crippen LogP contribution is 2.65. The Kier molecular flexibility index (Phi) is 3.43.